The molecule has 1 amide bonds. The molecule has 6 heteroatoms. The number of nitrogens with zero attached hydrogens (tertiary/aromatic N) is 3. The first-order valence-corrected chi connectivity index (χ1v) is 6.67. The summed E-state index contributed by atoms with van der Waals surface area (Å²) < 4.78 is 1.55. The van der Waals surface area contributed by atoms with Crippen molar-refractivity contribution in [2.75, 3.05) is 6.54 Å². The largest absolute Gasteiger partial charge is 0.364 e. The molecule has 2 aromatic rings. The second-order valence-corrected chi connectivity index (χ2v) is 4.63. The van der Waals surface area contributed by atoms with Crippen LogP contribution in [0.25, 0.3) is 5.82 Å². The maximum absolute atomic E-state index is 11.1. The van der Waals surface area contributed by atoms with E-state index in [1.165, 1.54) is 0 Å². The minimum Gasteiger partial charge on any atom is -0.364 e. The number of nitrogens with one attached hydrogen (secondary N) is 1. The molecule has 0 fully saturated rings. The van der Waals surface area contributed by atoms with Crippen LogP contribution in [0.3, 0.4) is 0 Å². The van der Waals surface area contributed by atoms with Crippen LogP contribution in [0.5, 0.6) is 0 Å². The quantitative estimate of drug-likeness (QED) is 0.833. The molecule has 0 aliphatic carbocycles. The monoisotopic (exact) mass is 273 g/mol. The summed E-state index contributed by atoms with van der Waals surface area (Å²) in [6.07, 6.45) is 4.50. The van der Waals surface area contributed by atoms with Gasteiger partial charge in [-0.1, -0.05) is 6.92 Å². The maximum atomic E-state index is 11.1. The molecule has 2 rings (SSSR count). The summed E-state index contributed by atoms with van der Waals surface area (Å²) in [7, 11) is 0. The lowest BCUT2D eigenvalue weighted by atomic mass is 10.1. The number of carbonyl (C=O) groups excluding carboxylic acids is 1. The van der Waals surface area contributed by atoms with Gasteiger partial charge in [-0.3, -0.25) is 4.79 Å². The molecular weight excluding hydrogens is 254 g/mol. The number of hydrogen-bond donors (Lipinski definition) is 2. The first-order chi connectivity index (χ1) is 9.61. The number of rotatable bonds is 6. The summed E-state index contributed by atoms with van der Waals surface area (Å²) in [5, 5.41) is 7.52. The van der Waals surface area contributed by atoms with Crippen LogP contribution in [0, 0.1) is 0 Å². The molecule has 0 aliphatic heterocycles. The molecule has 0 spiro atoms. The van der Waals surface area contributed by atoms with Crippen molar-refractivity contribution in [3.05, 3.63) is 41.9 Å². The third kappa shape index (κ3) is 3.21. The van der Waals surface area contributed by atoms with Crippen molar-refractivity contribution in [3.63, 3.8) is 0 Å². The third-order valence-electron chi connectivity index (χ3n) is 3.05. The summed E-state index contributed by atoms with van der Waals surface area (Å²) in [5.74, 6) is 0.123. The van der Waals surface area contributed by atoms with Crippen molar-refractivity contribution in [3.8, 4) is 5.82 Å². The van der Waals surface area contributed by atoms with Gasteiger partial charge in [0, 0.05) is 18.4 Å². The van der Waals surface area contributed by atoms with Crippen LogP contribution < -0.4 is 11.1 Å². The minimum absolute atomic E-state index is 0.231. The van der Waals surface area contributed by atoms with E-state index in [9.17, 15) is 4.79 Å². The first kappa shape index (κ1) is 14.2. The highest BCUT2D eigenvalue weighted by Gasteiger charge is 2.09. The molecule has 2 aromatic heterocycles. The van der Waals surface area contributed by atoms with Crippen molar-refractivity contribution in [1.29, 1.82) is 0 Å². The van der Waals surface area contributed by atoms with E-state index < -0.39 is 5.91 Å². The Bertz CT molecular complexity index is 593. The van der Waals surface area contributed by atoms with Gasteiger partial charge in [0.2, 0.25) is 0 Å². The molecule has 0 radical (unpaired) electrons. The van der Waals surface area contributed by atoms with Crippen LogP contribution in [0.4, 0.5) is 0 Å². The molecule has 1 atom stereocenters. The molecular formula is C14H19N5O. The fourth-order valence-electron chi connectivity index (χ4n) is 1.89. The predicted octanol–water partition coefficient (Wildman–Crippen LogP) is 1.43. The fourth-order valence-corrected chi connectivity index (χ4v) is 1.89. The fraction of sp³-hybridized carbons (Fsp3) is 0.357. The molecule has 0 saturated heterocycles. The molecule has 20 heavy (non-hydrogen) atoms. The zero-order chi connectivity index (χ0) is 14.5. The number of hydrogen-bond acceptors (Lipinski definition) is 4. The summed E-state index contributed by atoms with van der Waals surface area (Å²) in [5.41, 5.74) is 6.55. The Hall–Kier alpha value is -2.21. The highest BCUT2D eigenvalue weighted by atomic mass is 16.1. The van der Waals surface area contributed by atoms with Gasteiger partial charge < -0.3 is 11.1 Å². The second-order valence-electron chi connectivity index (χ2n) is 4.63. The highest BCUT2D eigenvalue weighted by molar-refractivity contribution is 5.90. The maximum Gasteiger partial charge on any atom is 0.269 e. The van der Waals surface area contributed by atoms with Crippen molar-refractivity contribution in [2.24, 2.45) is 5.73 Å². The van der Waals surface area contributed by atoms with E-state index in [1.807, 2.05) is 12.1 Å². The highest BCUT2D eigenvalue weighted by Crippen LogP contribution is 2.14. The molecule has 0 bridgehead atoms. The van der Waals surface area contributed by atoms with Crippen molar-refractivity contribution < 1.29 is 4.79 Å². The Morgan fingerprint density at radius 1 is 1.50 bits per heavy atom. The van der Waals surface area contributed by atoms with Gasteiger partial charge in [0.05, 0.1) is 0 Å². The summed E-state index contributed by atoms with van der Waals surface area (Å²) >= 11 is 0. The van der Waals surface area contributed by atoms with E-state index in [0.29, 0.717) is 5.82 Å². The van der Waals surface area contributed by atoms with Crippen molar-refractivity contribution in [1.82, 2.24) is 20.1 Å². The van der Waals surface area contributed by atoms with Gasteiger partial charge in [-0.25, -0.2) is 9.67 Å². The van der Waals surface area contributed by atoms with Gasteiger partial charge in [0.25, 0.3) is 5.91 Å². The molecule has 1 unspecified atom stereocenters. The van der Waals surface area contributed by atoms with Crippen LogP contribution in [-0.2, 0) is 0 Å². The molecule has 3 N–H and O–H groups in total. The Balaban J connectivity index is 2.22. The molecule has 0 saturated carbocycles. The van der Waals surface area contributed by atoms with Crippen molar-refractivity contribution in [2.45, 2.75) is 26.3 Å². The number of primary amides is 1. The Labute approximate surface area is 118 Å². The number of nitrogens with two attached hydrogens (primary N) is 1. The zero-order valence-corrected chi connectivity index (χ0v) is 11.7. The Morgan fingerprint density at radius 2 is 2.30 bits per heavy atom. The Kier molecular flexibility index (Phi) is 4.47. The van der Waals surface area contributed by atoms with E-state index in [0.717, 1.165) is 18.5 Å². The van der Waals surface area contributed by atoms with E-state index in [1.54, 1.807) is 23.1 Å². The topological polar surface area (TPSA) is 85.8 Å². The lowest BCUT2D eigenvalue weighted by Gasteiger charge is -2.14. The van der Waals surface area contributed by atoms with Crippen LogP contribution in [0.15, 0.2) is 30.6 Å². The average Bonchev–Trinajstić information content (AvgIpc) is 2.95. The van der Waals surface area contributed by atoms with Crippen LogP contribution in [0.2, 0.25) is 0 Å². The molecule has 0 aliphatic rings. The SMILES string of the molecule is CCCNC(C)c1ccnc(-n2ccc(C(N)=O)n2)c1. The van der Waals surface area contributed by atoms with Gasteiger partial charge in [0.1, 0.15) is 5.69 Å². The normalized spacial score (nSPS) is 12.3. The molecule has 2 heterocycles. The van der Waals surface area contributed by atoms with E-state index >= 15 is 0 Å². The molecule has 0 aromatic carbocycles. The number of amides is 1. The smallest absolute Gasteiger partial charge is 0.269 e. The minimum atomic E-state index is -0.544. The Morgan fingerprint density at radius 3 is 2.95 bits per heavy atom. The van der Waals surface area contributed by atoms with Crippen molar-refractivity contribution >= 4 is 5.91 Å². The van der Waals surface area contributed by atoms with Crippen LogP contribution >= 0.6 is 0 Å². The van der Waals surface area contributed by atoms with Crippen LogP contribution in [-0.4, -0.2) is 27.2 Å². The number of carbonyl (C=O) groups is 1. The van der Waals surface area contributed by atoms with E-state index in [4.69, 9.17) is 5.73 Å². The third-order valence-corrected chi connectivity index (χ3v) is 3.05. The molecule has 6 nitrogen and oxygen atoms in total. The van der Waals surface area contributed by atoms with Gasteiger partial charge in [-0.2, -0.15) is 5.10 Å². The van der Waals surface area contributed by atoms with E-state index in [-0.39, 0.29) is 11.7 Å². The van der Waals surface area contributed by atoms with Gasteiger partial charge >= 0.3 is 0 Å². The van der Waals surface area contributed by atoms with E-state index in [2.05, 4.69) is 29.2 Å². The van der Waals surface area contributed by atoms with Crippen LogP contribution in [0.1, 0.15) is 42.4 Å². The predicted molar refractivity (Wildman–Crippen MR) is 76.6 cm³/mol. The number of pyridine rings is 1. The number of aromatic nitrogens is 3. The summed E-state index contributed by atoms with van der Waals surface area (Å²) in [4.78, 5) is 15.3. The summed E-state index contributed by atoms with van der Waals surface area (Å²) in [6, 6.07) is 5.73. The standard InChI is InChI=1S/C14H19N5O/c1-3-6-16-10(2)11-4-7-17-13(9-11)19-8-5-12(18-19)14(15)20/h4-5,7-10,16H,3,6H2,1-2H3,(H2,15,20). The molecule has 106 valence electrons. The second kappa shape index (κ2) is 6.29. The lowest BCUT2D eigenvalue weighted by Crippen LogP contribution is -2.19. The zero-order valence-electron chi connectivity index (χ0n) is 11.7. The van der Waals surface area contributed by atoms with Gasteiger partial charge in [-0.15, -0.1) is 0 Å². The average molecular weight is 273 g/mol. The lowest BCUT2D eigenvalue weighted by molar-refractivity contribution is 0.0995. The first-order valence-electron chi connectivity index (χ1n) is 6.67. The van der Waals surface area contributed by atoms with Gasteiger partial charge in [0.15, 0.2) is 5.82 Å². The summed E-state index contributed by atoms with van der Waals surface area (Å²) in [6.45, 7) is 5.20. The van der Waals surface area contributed by atoms with Gasteiger partial charge in [-0.05, 0) is 43.7 Å².